The Bertz CT molecular complexity index is 389. The van der Waals surface area contributed by atoms with E-state index in [1.54, 1.807) is 0 Å². The number of carbonyl (C=O) groups excluding carboxylic acids is 1. The van der Waals surface area contributed by atoms with E-state index in [1.165, 1.54) is 43.1 Å². The molecule has 2 nitrogen and oxygen atoms in total. The number of esters is 1. The lowest BCUT2D eigenvalue weighted by Crippen LogP contribution is -2.30. The number of hydrogen-bond donors (Lipinski definition) is 0. The predicted molar refractivity (Wildman–Crippen MR) is 57.3 cm³/mol. The highest BCUT2D eigenvalue weighted by Crippen LogP contribution is 2.58. The van der Waals surface area contributed by atoms with E-state index in [0.717, 1.165) is 19.3 Å². The van der Waals surface area contributed by atoms with Crippen LogP contribution in [0.3, 0.4) is 0 Å². The van der Waals surface area contributed by atoms with E-state index in [2.05, 4.69) is 6.08 Å². The van der Waals surface area contributed by atoms with E-state index in [-0.39, 0.29) is 11.4 Å². The highest BCUT2D eigenvalue weighted by atomic mass is 16.5. The van der Waals surface area contributed by atoms with E-state index in [0.29, 0.717) is 0 Å². The van der Waals surface area contributed by atoms with Gasteiger partial charge in [0.2, 0.25) is 0 Å². The van der Waals surface area contributed by atoms with Crippen LogP contribution in [0.2, 0.25) is 0 Å². The van der Waals surface area contributed by atoms with Gasteiger partial charge in [0.05, 0.1) is 12.5 Å². The fraction of sp³-hybridized carbons (Fsp3) is 0.615. The normalized spacial score (nSPS) is 32.7. The number of methoxy groups -OCH3 is 1. The SMILES string of the molecule is COC(=O)C12CCC=C1C1=C(CCC1)C2. The molecule has 3 aliphatic rings. The number of ether oxygens (including phenoxy) is 1. The van der Waals surface area contributed by atoms with Crippen molar-refractivity contribution in [2.24, 2.45) is 5.41 Å². The van der Waals surface area contributed by atoms with Crippen LogP contribution < -0.4 is 0 Å². The summed E-state index contributed by atoms with van der Waals surface area (Å²) in [5.41, 5.74) is 4.09. The van der Waals surface area contributed by atoms with Gasteiger partial charge in [-0.15, -0.1) is 0 Å². The summed E-state index contributed by atoms with van der Waals surface area (Å²) in [4.78, 5) is 12.0. The second-order valence-corrected chi connectivity index (χ2v) is 4.84. The van der Waals surface area contributed by atoms with Crippen LogP contribution in [0.1, 0.15) is 38.5 Å². The third kappa shape index (κ3) is 1.02. The maximum absolute atomic E-state index is 12.0. The number of hydrogen-bond acceptors (Lipinski definition) is 2. The summed E-state index contributed by atoms with van der Waals surface area (Å²) in [6, 6.07) is 0. The van der Waals surface area contributed by atoms with E-state index in [4.69, 9.17) is 4.74 Å². The first-order valence-corrected chi connectivity index (χ1v) is 5.78. The summed E-state index contributed by atoms with van der Waals surface area (Å²) in [6.45, 7) is 0. The molecule has 0 amide bonds. The van der Waals surface area contributed by atoms with Gasteiger partial charge in [-0.05, 0) is 49.7 Å². The molecule has 0 fully saturated rings. The molecule has 0 aromatic carbocycles. The first-order chi connectivity index (χ1) is 7.28. The third-order valence-corrected chi connectivity index (χ3v) is 4.18. The maximum atomic E-state index is 12.0. The molecule has 1 atom stereocenters. The van der Waals surface area contributed by atoms with Crippen molar-refractivity contribution in [1.29, 1.82) is 0 Å². The molecule has 1 unspecified atom stereocenters. The van der Waals surface area contributed by atoms with Crippen molar-refractivity contribution < 1.29 is 9.53 Å². The first kappa shape index (κ1) is 9.20. The lowest BCUT2D eigenvalue weighted by molar-refractivity contribution is -0.150. The van der Waals surface area contributed by atoms with Gasteiger partial charge >= 0.3 is 5.97 Å². The Morgan fingerprint density at radius 3 is 3.13 bits per heavy atom. The van der Waals surface area contributed by atoms with Crippen LogP contribution in [0.15, 0.2) is 22.8 Å². The van der Waals surface area contributed by atoms with E-state index in [9.17, 15) is 4.79 Å². The summed E-state index contributed by atoms with van der Waals surface area (Å²) < 4.78 is 5.00. The Labute approximate surface area is 90.0 Å². The third-order valence-electron chi connectivity index (χ3n) is 4.18. The molecule has 0 saturated carbocycles. The molecule has 15 heavy (non-hydrogen) atoms. The first-order valence-electron chi connectivity index (χ1n) is 5.78. The Kier molecular flexibility index (Phi) is 1.82. The van der Waals surface area contributed by atoms with Crippen LogP contribution >= 0.6 is 0 Å². The molecule has 0 N–H and O–H groups in total. The Morgan fingerprint density at radius 1 is 1.47 bits per heavy atom. The second kappa shape index (κ2) is 2.97. The van der Waals surface area contributed by atoms with Gasteiger partial charge in [0, 0.05) is 0 Å². The maximum Gasteiger partial charge on any atom is 0.316 e. The number of fused-ring (bicyclic) bond motifs is 2. The second-order valence-electron chi connectivity index (χ2n) is 4.84. The number of allylic oxidation sites excluding steroid dienone is 3. The van der Waals surface area contributed by atoms with Crippen molar-refractivity contribution in [3.05, 3.63) is 22.8 Å². The smallest absolute Gasteiger partial charge is 0.316 e. The standard InChI is InChI=1S/C13H16O2/c1-15-12(14)13-7-3-6-11(13)10-5-2-4-9(10)8-13/h6H,2-5,7-8H2,1H3. The van der Waals surface area contributed by atoms with Crippen LogP contribution in [0.5, 0.6) is 0 Å². The van der Waals surface area contributed by atoms with Crippen LogP contribution in [0.25, 0.3) is 0 Å². The van der Waals surface area contributed by atoms with Crippen LogP contribution in [-0.4, -0.2) is 13.1 Å². The quantitative estimate of drug-likeness (QED) is 0.614. The predicted octanol–water partition coefficient (Wildman–Crippen LogP) is 2.75. The summed E-state index contributed by atoms with van der Waals surface area (Å²) in [7, 11) is 1.51. The van der Waals surface area contributed by atoms with Crippen molar-refractivity contribution in [3.63, 3.8) is 0 Å². The van der Waals surface area contributed by atoms with Gasteiger partial charge in [0.15, 0.2) is 0 Å². The molecule has 0 bridgehead atoms. The Balaban J connectivity index is 2.02. The highest BCUT2D eigenvalue weighted by molar-refractivity contribution is 5.85. The average molecular weight is 204 g/mol. The minimum absolute atomic E-state index is 0.0133. The molecular formula is C13H16O2. The molecule has 0 aromatic heterocycles. The van der Waals surface area contributed by atoms with E-state index < -0.39 is 0 Å². The van der Waals surface area contributed by atoms with Crippen molar-refractivity contribution in [2.45, 2.75) is 38.5 Å². The largest absolute Gasteiger partial charge is 0.468 e. The topological polar surface area (TPSA) is 26.3 Å². The zero-order valence-corrected chi connectivity index (χ0v) is 9.14. The van der Waals surface area contributed by atoms with Gasteiger partial charge in [-0.25, -0.2) is 0 Å². The minimum atomic E-state index is -0.264. The number of rotatable bonds is 1. The van der Waals surface area contributed by atoms with Crippen molar-refractivity contribution in [2.75, 3.05) is 7.11 Å². The molecule has 3 aliphatic carbocycles. The van der Waals surface area contributed by atoms with Gasteiger partial charge in [-0.2, -0.15) is 0 Å². The van der Waals surface area contributed by atoms with Crippen LogP contribution in [-0.2, 0) is 9.53 Å². The van der Waals surface area contributed by atoms with E-state index in [1.807, 2.05) is 0 Å². The molecule has 2 heteroatoms. The van der Waals surface area contributed by atoms with Crippen LogP contribution in [0, 0.1) is 5.41 Å². The van der Waals surface area contributed by atoms with Crippen molar-refractivity contribution in [1.82, 2.24) is 0 Å². The van der Waals surface area contributed by atoms with Gasteiger partial charge in [0.25, 0.3) is 0 Å². The Hall–Kier alpha value is -1.05. The summed E-state index contributed by atoms with van der Waals surface area (Å²) in [6.07, 6.45) is 8.87. The molecule has 80 valence electrons. The van der Waals surface area contributed by atoms with Gasteiger partial charge in [-0.3, -0.25) is 4.79 Å². The lowest BCUT2D eigenvalue weighted by atomic mass is 9.79. The van der Waals surface area contributed by atoms with Crippen molar-refractivity contribution in [3.8, 4) is 0 Å². The molecule has 3 rings (SSSR count). The van der Waals surface area contributed by atoms with Crippen LogP contribution in [0.4, 0.5) is 0 Å². The molecule has 0 spiro atoms. The molecule has 0 saturated heterocycles. The highest BCUT2D eigenvalue weighted by Gasteiger charge is 2.52. The zero-order chi connectivity index (χ0) is 10.5. The Morgan fingerprint density at radius 2 is 2.33 bits per heavy atom. The lowest BCUT2D eigenvalue weighted by Gasteiger charge is -2.25. The fourth-order valence-corrected chi connectivity index (χ4v) is 3.56. The van der Waals surface area contributed by atoms with Gasteiger partial charge < -0.3 is 4.74 Å². The molecular weight excluding hydrogens is 188 g/mol. The summed E-state index contributed by atoms with van der Waals surface area (Å²) >= 11 is 0. The monoisotopic (exact) mass is 204 g/mol. The molecule has 0 aliphatic heterocycles. The molecule has 0 heterocycles. The molecule has 0 aromatic rings. The van der Waals surface area contributed by atoms with Gasteiger partial charge in [-0.1, -0.05) is 11.6 Å². The minimum Gasteiger partial charge on any atom is -0.468 e. The number of carbonyl (C=O) groups is 1. The van der Waals surface area contributed by atoms with Crippen molar-refractivity contribution >= 4 is 5.97 Å². The fourth-order valence-electron chi connectivity index (χ4n) is 3.56. The van der Waals surface area contributed by atoms with Gasteiger partial charge in [0.1, 0.15) is 0 Å². The summed E-state index contributed by atoms with van der Waals surface area (Å²) in [5.74, 6) is -0.0133. The van der Waals surface area contributed by atoms with E-state index >= 15 is 0 Å². The zero-order valence-electron chi connectivity index (χ0n) is 9.14. The summed E-state index contributed by atoms with van der Waals surface area (Å²) in [5, 5.41) is 0. The molecule has 0 radical (unpaired) electrons. The average Bonchev–Trinajstić information content (AvgIpc) is 2.85.